The summed E-state index contributed by atoms with van der Waals surface area (Å²) in [7, 11) is 0. The van der Waals surface area contributed by atoms with Gasteiger partial charge >= 0.3 is 0 Å². The molecule has 0 aliphatic heterocycles. The molecule has 0 radical (unpaired) electrons. The van der Waals surface area contributed by atoms with E-state index in [2.05, 4.69) is 13.5 Å². The molecule has 0 saturated heterocycles. The van der Waals surface area contributed by atoms with Gasteiger partial charge in [0.25, 0.3) is 0 Å². The van der Waals surface area contributed by atoms with Gasteiger partial charge in [-0.2, -0.15) is 0 Å². The molecule has 0 spiro atoms. The Kier molecular flexibility index (Phi) is 3.76. The molecule has 0 aromatic heterocycles. The van der Waals surface area contributed by atoms with Gasteiger partial charge in [-0.1, -0.05) is 13.0 Å². The van der Waals surface area contributed by atoms with Crippen LogP contribution >= 0.6 is 0 Å². The molecule has 0 heterocycles. The summed E-state index contributed by atoms with van der Waals surface area (Å²) < 4.78 is 5.50. The zero-order valence-electron chi connectivity index (χ0n) is 7.70. The minimum absolute atomic E-state index is 0.120. The first-order valence-corrected chi connectivity index (χ1v) is 4.64. The molecular weight excluding hydrogens is 152 g/mol. The summed E-state index contributed by atoms with van der Waals surface area (Å²) in [4.78, 5) is 0. The lowest BCUT2D eigenvalue weighted by Gasteiger charge is -2.18. The van der Waals surface area contributed by atoms with E-state index in [0.717, 1.165) is 6.42 Å². The molecular formula is C10H18O2. The Morgan fingerprint density at radius 2 is 2.33 bits per heavy atom. The fourth-order valence-corrected chi connectivity index (χ4v) is 1.96. The third-order valence-electron chi connectivity index (χ3n) is 2.69. The second-order valence-corrected chi connectivity index (χ2v) is 3.50. The SMILES string of the molecule is C=CC1C(C)CCC1OCCO. The highest BCUT2D eigenvalue weighted by Gasteiger charge is 2.31. The average Bonchev–Trinajstić information content (AvgIpc) is 2.43. The number of ether oxygens (including phenoxy) is 1. The van der Waals surface area contributed by atoms with E-state index in [1.54, 1.807) is 0 Å². The van der Waals surface area contributed by atoms with Crippen molar-refractivity contribution in [3.8, 4) is 0 Å². The summed E-state index contributed by atoms with van der Waals surface area (Å²) >= 11 is 0. The quantitative estimate of drug-likeness (QED) is 0.649. The molecule has 1 saturated carbocycles. The summed E-state index contributed by atoms with van der Waals surface area (Å²) in [5.74, 6) is 1.17. The Balaban J connectivity index is 2.37. The molecule has 3 atom stereocenters. The molecule has 0 bridgehead atoms. The van der Waals surface area contributed by atoms with Crippen LogP contribution in [0.15, 0.2) is 12.7 Å². The number of aliphatic hydroxyl groups is 1. The van der Waals surface area contributed by atoms with Crippen LogP contribution in [-0.2, 0) is 4.74 Å². The fraction of sp³-hybridized carbons (Fsp3) is 0.800. The highest BCUT2D eigenvalue weighted by atomic mass is 16.5. The van der Waals surface area contributed by atoms with Crippen LogP contribution in [0.3, 0.4) is 0 Å². The Hall–Kier alpha value is -0.340. The van der Waals surface area contributed by atoms with Gasteiger partial charge in [-0.3, -0.25) is 0 Å². The molecule has 2 heteroatoms. The largest absolute Gasteiger partial charge is 0.394 e. The molecule has 0 aromatic rings. The third-order valence-corrected chi connectivity index (χ3v) is 2.69. The van der Waals surface area contributed by atoms with Gasteiger partial charge in [0.1, 0.15) is 0 Å². The second kappa shape index (κ2) is 4.63. The van der Waals surface area contributed by atoms with E-state index in [1.165, 1.54) is 6.42 Å². The number of rotatable bonds is 4. The highest BCUT2D eigenvalue weighted by molar-refractivity contribution is 4.94. The lowest BCUT2D eigenvalue weighted by atomic mass is 9.97. The Morgan fingerprint density at radius 1 is 1.58 bits per heavy atom. The van der Waals surface area contributed by atoms with Gasteiger partial charge in [-0.15, -0.1) is 6.58 Å². The van der Waals surface area contributed by atoms with E-state index in [9.17, 15) is 0 Å². The lowest BCUT2D eigenvalue weighted by molar-refractivity contribution is 0.0140. The van der Waals surface area contributed by atoms with Crippen molar-refractivity contribution in [2.75, 3.05) is 13.2 Å². The molecule has 70 valence electrons. The van der Waals surface area contributed by atoms with Crippen molar-refractivity contribution in [1.29, 1.82) is 0 Å². The Morgan fingerprint density at radius 3 is 2.92 bits per heavy atom. The van der Waals surface area contributed by atoms with Crippen molar-refractivity contribution < 1.29 is 9.84 Å². The van der Waals surface area contributed by atoms with Gasteiger partial charge in [-0.25, -0.2) is 0 Å². The zero-order valence-corrected chi connectivity index (χ0v) is 7.70. The molecule has 1 aliphatic rings. The maximum Gasteiger partial charge on any atom is 0.0701 e. The van der Waals surface area contributed by atoms with E-state index in [1.807, 2.05) is 6.08 Å². The Labute approximate surface area is 74.2 Å². The van der Waals surface area contributed by atoms with Crippen molar-refractivity contribution in [2.24, 2.45) is 11.8 Å². The van der Waals surface area contributed by atoms with E-state index in [0.29, 0.717) is 24.5 Å². The number of aliphatic hydroxyl groups excluding tert-OH is 1. The molecule has 0 amide bonds. The summed E-state index contributed by atoms with van der Waals surface area (Å²) in [5.41, 5.74) is 0. The first-order valence-electron chi connectivity index (χ1n) is 4.64. The first-order chi connectivity index (χ1) is 5.79. The van der Waals surface area contributed by atoms with Crippen molar-refractivity contribution in [3.05, 3.63) is 12.7 Å². The highest BCUT2D eigenvalue weighted by Crippen LogP contribution is 2.34. The normalized spacial score (nSPS) is 35.3. The van der Waals surface area contributed by atoms with E-state index in [-0.39, 0.29) is 6.61 Å². The molecule has 3 unspecified atom stereocenters. The summed E-state index contributed by atoms with van der Waals surface area (Å²) in [6, 6.07) is 0. The summed E-state index contributed by atoms with van der Waals surface area (Å²) in [6.45, 7) is 6.62. The van der Waals surface area contributed by atoms with Crippen LogP contribution in [0, 0.1) is 11.8 Å². The number of hydrogen-bond donors (Lipinski definition) is 1. The monoisotopic (exact) mass is 170 g/mol. The minimum atomic E-state index is 0.120. The van der Waals surface area contributed by atoms with Crippen LogP contribution in [0.25, 0.3) is 0 Å². The molecule has 1 aliphatic carbocycles. The fourth-order valence-electron chi connectivity index (χ4n) is 1.96. The van der Waals surface area contributed by atoms with Gasteiger partial charge in [0.05, 0.1) is 19.3 Å². The topological polar surface area (TPSA) is 29.5 Å². The van der Waals surface area contributed by atoms with Crippen molar-refractivity contribution in [3.63, 3.8) is 0 Å². The molecule has 1 fully saturated rings. The van der Waals surface area contributed by atoms with Gasteiger partial charge in [-0.05, 0) is 18.8 Å². The van der Waals surface area contributed by atoms with Crippen LogP contribution in [0.4, 0.5) is 0 Å². The molecule has 2 nitrogen and oxygen atoms in total. The van der Waals surface area contributed by atoms with E-state index >= 15 is 0 Å². The van der Waals surface area contributed by atoms with Gasteiger partial charge in [0.2, 0.25) is 0 Å². The van der Waals surface area contributed by atoms with Crippen molar-refractivity contribution in [1.82, 2.24) is 0 Å². The molecule has 1 rings (SSSR count). The van der Waals surface area contributed by atoms with Crippen molar-refractivity contribution >= 4 is 0 Å². The predicted molar refractivity (Wildman–Crippen MR) is 48.9 cm³/mol. The molecule has 1 N–H and O–H groups in total. The minimum Gasteiger partial charge on any atom is -0.394 e. The van der Waals surface area contributed by atoms with Crippen LogP contribution < -0.4 is 0 Å². The smallest absolute Gasteiger partial charge is 0.0701 e. The lowest BCUT2D eigenvalue weighted by Crippen LogP contribution is -2.20. The van der Waals surface area contributed by atoms with E-state index in [4.69, 9.17) is 9.84 Å². The van der Waals surface area contributed by atoms with Gasteiger partial charge in [0, 0.05) is 5.92 Å². The van der Waals surface area contributed by atoms with Crippen molar-refractivity contribution in [2.45, 2.75) is 25.9 Å². The Bertz CT molecular complexity index is 145. The van der Waals surface area contributed by atoms with Crippen LogP contribution in [0.1, 0.15) is 19.8 Å². The molecule has 0 aromatic carbocycles. The van der Waals surface area contributed by atoms with Crippen LogP contribution in [0.5, 0.6) is 0 Å². The second-order valence-electron chi connectivity index (χ2n) is 3.50. The number of hydrogen-bond acceptors (Lipinski definition) is 2. The zero-order chi connectivity index (χ0) is 8.97. The van der Waals surface area contributed by atoms with Crippen LogP contribution in [-0.4, -0.2) is 24.4 Å². The predicted octanol–water partition coefficient (Wildman–Crippen LogP) is 1.60. The maximum atomic E-state index is 8.60. The van der Waals surface area contributed by atoms with E-state index < -0.39 is 0 Å². The first kappa shape index (κ1) is 9.75. The van der Waals surface area contributed by atoms with Gasteiger partial charge < -0.3 is 9.84 Å². The standard InChI is InChI=1S/C10H18O2/c1-3-9-8(2)4-5-10(9)12-7-6-11/h3,8-11H,1,4-7H2,2H3. The average molecular weight is 170 g/mol. The third kappa shape index (κ3) is 2.08. The maximum absolute atomic E-state index is 8.60. The summed E-state index contributed by atoms with van der Waals surface area (Å²) in [5, 5.41) is 8.60. The molecule has 12 heavy (non-hydrogen) atoms. The van der Waals surface area contributed by atoms with Crippen LogP contribution in [0.2, 0.25) is 0 Å². The van der Waals surface area contributed by atoms with Gasteiger partial charge in [0.15, 0.2) is 0 Å². The summed E-state index contributed by atoms with van der Waals surface area (Å²) in [6.07, 6.45) is 4.61.